The highest BCUT2D eigenvalue weighted by Gasteiger charge is 2.37. The Balaban J connectivity index is 2.35. The number of methoxy groups -OCH3 is 3. The van der Waals surface area contributed by atoms with Crippen LogP contribution in [0.3, 0.4) is 0 Å². The van der Waals surface area contributed by atoms with Gasteiger partial charge in [0.15, 0.2) is 23.0 Å². The van der Waals surface area contributed by atoms with Crippen LogP contribution in [0.5, 0.6) is 34.5 Å². The van der Waals surface area contributed by atoms with E-state index < -0.39 is 17.8 Å². The number of fused-ring (bicyclic) bond motifs is 1. The maximum absolute atomic E-state index is 12.7. The third-order valence-corrected chi connectivity index (χ3v) is 5.35. The van der Waals surface area contributed by atoms with Crippen LogP contribution in [0, 0.1) is 5.92 Å². The van der Waals surface area contributed by atoms with Crippen molar-refractivity contribution in [3.8, 4) is 34.5 Å². The van der Waals surface area contributed by atoms with Crippen LogP contribution in [-0.4, -0.2) is 45.7 Å². The number of rotatable bonds is 9. The van der Waals surface area contributed by atoms with Crippen LogP contribution in [-0.2, 0) is 14.4 Å². The zero-order valence-corrected chi connectivity index (χ0v) is 19.3. The Morgan fingerprint density at radius 2 is 1.33 bits per heavy atom. The zero-order chi connectivity index (χ0) is 24.3. The molecule has 2 aromatic rings. The lowest BCUT2D eigenvalue weighted by molar-refractivity contribution is -0.132. The van der Waals surface area contributed by atoms with Crippen LogP contribution < -0.4 is 28.4 Å². The molecule has 0 spiro atoms. The predicted molar refractivity (Wildman–Crippen MR) is 117 cm³/mol. The average molecular weight is 458 g/mol. The number of hydrogen-bond donors (Lipinski definition) is 0. The molecule has 1 aliphatic heterocycles. The van der Waals surface area contributed by atoms with Crippen molar-refractivity contribution in [3.63, 3.8) is 0 Å². The average Bonchev–Trinajstić information content (AvgIpc) is 3.22. The molecule has 9 heteroatoms. The molecule has 0 aliphatic carbocycles. The van der Waals surface area contributed by atoms with Crippen LogP contribution in [0.25, 0.3) is 0 Å². The molecule has 0 N–H and O–H groups in total. The van der Waals surface area contributed by atoms with Gasteiger partial charge in [-0.05, 0) is 37.6 Å². The summed E-state index contributed by atoms with van der Waals surface area (Å²) >= 11 is 0. The first-order valence-electron chi connectivity index (χ1n) is 10.1. The van der Waals surface area contributed by atoms with Crippen molar-refractivity contribution in [1.82, 2.24) is 0 Å². The summed E-state index contributed by atoms with van der Waals surface area (Å²) in [5, 5.41) is 0. The first kappa shape index (κ1) is 23.9. The van der Waals surface area contributed by atoms with Gasteiger partial charge in [0.25, 0.3) is 0 Å². The first-order valence-corrected chi connectivity index (χ1v) is 10.1. The Hall–Kier alpha value is -3.75. The van der Waals surface area contributed by atoms with Gasteiger partial charge in [-0.3, -0.25) is 14.4 Å². The molecule has 0 bridgehead atoms. The molecule has 176 valence electrons. The van der Waals surface area contributed by atoms with E-state index in [0.29, 0.717) is 39.9 Å². The summed E-state index contributed by atoms with van der Waals surface area (Å²) in [6, 6.07) is 6.45. The van der Waals surface area contributed by atoms with E-state index in [4.69, 9.17) is 28.4 Å². The van der Waals surface area contributed by atoms with Gasteiger partial charge in [-0.25, -0.2) is 0 Å². The highest BCUT2D eigenvalue weighted by molar-refractivity contribution is 6.02. The fourth-order valence-electron chi connectivity index (χ4n) is 4.01. The molecule has 9 nitrogen and oxygen atoms in total. The maximum atomic E-state index is 12.7. The molecule has 1 aliphatic rings. The fourth-order valence-corrected chi connectivity index (χ4v) is 4.01. The smallest absolute Gasteiger partial charge is 0.308 e. The molecule has 1 unspecified atom stereocenters. The zero-order valence-electron chi connectivity index (χ0n) is 19.3. The standard InChI is InChI=1S/C24H26O9/c1-12(25)22(13(2)26)23(15-7-20(28-4)24(30-6)21(8-15)29-5)16-9-18-19(32-11-31-18)10-17(16)33-14(3)27/h7-10,22-23H,11H2,1-6H3. The van der Waals surface area contributed by atoms with E-state index in [2.05, 4.69) is 0 Å². The lowest BCUT2D eigenvalue weighted by atomic mass is 9.76. The van der Waals surface area contributed by atoms with Gasteiger partial charge in [-0.15, -0.1) is 0 Å². The molecule has 1 heterocycles. The second-order valence-corrected chi connectivity index (χ2v) is 7.47. The largest absolute Gasteiger partial charge is 0.493 e. The molecular formula is C24H26O9. The van der Waals surface area contributed by atoms with Crippen molar-refractivity contribution >= 4 is 17.5 Å². The minimum absolute atomic E-state index is 0.00398. The maximum Gasteiger partial charge on any atom is 0.308 e. The van der Waals surface area contributed by atoms with E-state index in [-0.39, 0.29) is 24.1 Å². The van der Waals surface area contributed by atoms with Crippen molar-refractivity contribution in [2.45, 2.75) is 26.7 Å². The van der Waals surface area contributed by atoms with Gasteiger partial charge in [0.2, 0.25) is 12.5 Å². The SMILES string of the molecule is COc1cc(C(c2cc3c(cc2OC(C)=O)OCO3)C(C(C)=O)C(C)=O)cc(OC)c1OC. The molecule has 1 atom stereocenters. The van der Waals surface area contributed by atoms with Gasteiger partial charge < -0.3 is 28.4 Å². The van der Waals surface area contributed by atoms with Gasteiger partial charge in [0, 0.05) is 24.5 Å². The van der Waals surface area contributed by atoms with E-state index in [9.17, 15) is 14.4 Å². The third-order valence-electron chi connectivity index (χ3n) is 5.35. The van der Waals surface area contributed by atoms with Crippen molar-refractivity contribution in [2.24, 2.45) is 5.92 Å². The van der Waals surface area contributed by atoms with E-state index in [1.807, 2.05) is 0 Å². The molecule has 0 amide bonds. The van der Waals surface area contributed by atoms with Crippen molar-refractivity contribution in [3.05, 3.63) is 35.4 Å². The molecule has 0 aromatic heterocycles. The molecule has 0 fully saturated rings. The lowest BCUT2D eigenvalue weighted by Crippen LogP contribution is -2.28. The highest BCUT2D eigenvalue weighted by Crippen LogP contribution is 2.48. The van der Waals surface area contributed by atoms with E-state index in [1.165, 1.54) is 48.2 Å². The Morgan fingerprint density at radius 1 is 0.788 bits per heavy atom. The number of esters is 1. The van der Waals surface area contributed by atoms with Gasteiger partial charge in [-0.2, -0.15) is 0 Å². The van der Waals surface area contributed by atoms with E-state index in [0.717, 1.165) is 0 Å². The van der Waals surface area contributed by atoms with Gasteiger partial charge in [0.1, 0.15) is 17.3 Å². The molecule has 0 saturated heterocycles. The lowest BCUT2D eigenvalue weighted by Gasteiger charge is -2.27. The molecular weight excluding hydrogens is 432 g/mol. The Morgan fingerprint density at radius 3 is 1.79 bits per heavy atom. The second-order valence-electron chi connectivity index (χ2n) is 7.47. The number of benzene rings is 2. The Kier molecular flexibility index (Phi) is 7.10. The van der Waals surface area contributed by atoms with Gasteiger partial charge >= 0.3 is 5.97 Å². The number of ketones is 2. The third kappa shape index (κ3) is 4.72. The van der Waals surface area contributed by atoms with Crippen LogP contribution in [0.1, 0.15) is 37.8 Å². The fraction of sp³-hybridized carbons (Fsp3) is 0.375. The number of hydrogen-bond acceptors (Lipinski definition) is 9. The number of ether oxygens (including phenoxy) is 6. The van der Waals surface area contributed by atoms with Crippen molar-refractivity contribution < 1.29 is 42.8 Å². The Bertz CT molecular complexity index is 1050. The van der Waals surface area contributed by atoms with Crippen LogP contribution in [0.15, 0.2) is 24.3 Å². The summed E-state index contributed by atoms with van der Waals surface area (Å²) in [4.78, 5) is 37.3. The molecule has 3 rings (SSSR count). The van der Waals surface area contributed by atoms with Crippen molar-refractivity contribution in [2.75, 3.05) is 28.1 Å². The normalized spacial score (nSPS) is 12.8. The minimum Gasteiger partial charge on any atom is -0.493 e. The summed E-state index contributed by atoms with van der Waals surface area (Å²) in [5.41, 5.74) is 0.922. The van der Waals surface area contributed by atoms with E-state index >= 15 is 0 Å². The van der Waals surface area contributed by atoms with Crippen LogP contribution >= 0.6 is 0 Å². The summed E-state index contributed by atoms with van der Waals surface area (Å²) in [5.74, 6) is -1.21. The van der Waals surface area contributed by atoms with Crippen molar-refractivity contribution in [1.29, 1.82) is 0 Å². The summed E-state index contributed by atoms with van der Waals surface area (Å²) in [6.07, 6.45) is 0. The summed E-state index contributed by atoms with van der Waals surface area (Å²) < 4.78 is 32.7. The van der Waals surface area contributed by atoms with Crippen LogP contribution in [0.2, 0.25) is 0 Å². The minimum atomic E-state index is -1.08. The molecule has 33 heavy (non-hydrogen) atoms. The molecule has 0 saturated carbocycles. The molecule has 0 radical (unpaired) electrons. The number of carbonyl (C=O) groups is 3. The number of carbonyl (C=O) groups excluding carboxylic acids is 3. The first-order chi connectivity index (χ1) is 15.7. The van der Waals surface area contributed by atoms with Crippen LogP contribution in [0.4, 0.5) is 0 Å². The highest BCUT2D eigenvalue weighted by atomic mass is 16.7. The van der Waals surface area contributed by atoms with Gasteiger partial charge in [-0.1, -0.05) is 0 Å². The topological polar surface area (TPSA) is 107 Å². The second kappa shape index (κ2) is 9.81. The predicted octanol–water partition coefficient (Wildman–Crippen LogP) is 3.29. The number of Topliss-reactive ketones (excluding diaryl/α,β-unsaturated/α-hetero) is 2. The Labute approximate surface area is 191 Å². The van der Waals surface area contributed by atoms with Gasteiger partial charge in [0.05, 0.1) is 27.2 Å². The quantitative estimate of drug-likeness (QED) is 0.318. The summed E-state index contributed by atoms with van der Waals surface area (Å²) in [6.45, 7) is 3.94. The monoisotopic (exact) mass is 458 g/mol. The molecule has 2 aromatic carbocycles. The van der Waals surface area contributed by atoms with E-state index in [1.54, 1.807) is 18.2 Å². The summed E-state index contributed by atoms with van der Waals surface area (Å²) in [7, 11) is 4.41.